The third-order valence-electron chi connectivity index (χ3n) is 4.62. The maximum atomic E-state index is 13.8. The zero-order chi connectivity index (χ0) is 18.0. The number of hydrogen-bond acceptors (Lipinski definition) is 4. The van der Waals surface area contributed by atoms with E-state index in [-0.39, 0.29) is 36.0 Å². The minimum atomic E-state index is -0.874. The molecule has 2 amide bonds. The summed E-state index contributed by atoms with van der Waals surface area (Å²) >= 11 is 0. The number of piperazine rings is 1. The Morgan fingerprint density at radius 2 is 1.81 bits per heavy atom. The van der Waals surface area contributed by atoms with E-state index in [0.29, 0.717) is 45.4 Å². The number of carbonyl (C=O) groups is 2. The summed E-state index contributed by atoms with van der Waals surface area (Å²) in [6.07, 6.45) is -0.200. The molecule has 0 bridgehead atoms. The fourth-order valence-corrected chi connectivity index (χ4v) is 3.17. The topological polar surface area (TPSA) is 61.9 Å². The molecule has 2 atom stereocenters. The second-order valence-electron chi connectivity index (χ2n) is 6.25. The Kier molecular flexibility index (Phi) is 6.91. The Hall–Kier alpha value is -1.77. The van der Waals surface area contributed by atoms with Crippen molar-refractivity contribution < 1.29 is 23.1 Å². The molecule has 0 saturated carbocycles. The molecular formula is C17H22ClF2N3O3. The number of rotatable bonds is 2. The molecule has 2 heterocycles. The number of ether oxygens (including phenoxy) is 1. The molecule has 2 aliphatic heterocycles. The largest absolute Gasteiger partial charge is 0.375 e. The van der Waals surface area contributed by atoms with Crippen LogP contribution in [0.3, 0.4) is 0 Å². The molecule has 2 aliphatic rings. The first kappa shape index (κ1) is 20.5. The summed E-state index contributed by atoms with van der Waals surface area (Å²) in [7, 11) is 0. The first-order valence-corrected chi connectivity index (χ1v) is 8.35. The van der Waals surface area contributed by atoms with E-state index in [1.165, 1.54) is 4.90 Å². The fraction of sp³-hybridized carbons (Fsp3) is 0.529. The Morgan fingerprint density at radius 3 is 2.42 bits per heavy atom. The third kappa shape index (κ3) is 4.31. The summed E-state index contributed by atoms with van der Waals surface area (Å²) < 4.78 is 32.2. The molecule has 3 rings (SSSR count). The lowest BCUT2D eigenvalue weighted by Crippen LogP contribution is -2.60. The van der Waals surface area contributed by atoms with Crippen molar-refractivity contribution in [2.24, 2.45) is 0 Å². The molecule has 9 heteroatoms. The van der Waals surface area contributed by atoms with Gasteiger partial charge in [-0.05, 0) is 19.1 Å². The van der Waals surface area contributed by atoms with Gasteiger partial charge >= 0.3 is 0 Å². The second-order valence-corrected chi connectivity index (χ2v) is 6.25. The van der Waals surface area contributed by atoms with Gasteiger partial charge in [-0.1, -0.05) is 0 Å². The Balaban J connectivity index is 0.00000243. The van der Waals surface area contributed by atoms with Crippen LogP contribution in [0.15, 0.2) is 18.2 Å². The Bertz CT molecular complexity index is 669. The first-order chi connectivity index (χ1) is 12.0. The quantitative estimate of drug-likeness (QED) is 0.821. The number of hydrogen-bond donors (Lipinski definition) is 1. The van der Waals surface area contributed by atoms with Gasteiger partial charge in [0.15, 0.2) is 0 Å². The SMILES string of the molecule is C[C@H]1OCCN[C@@H]1C(=O)N1CCN(C(=O)c2ccc(F)cc2F)CC1.Cl. The van der Waals surface area contributed by atoms with Crippen molar-refractivity contribution in [3.8, 4) is 0 Å². The highest BCUT2D eigenvalue weighted by Gasteiger charge is 2.34. The van der Waals surface area contributed by atoms with Crippen LogP contribution in [0.4, 0.5) is 8.78 Å². The number of amides is 2. The van der Waals surface area contributed by atoms with Crippen molar-refractivity contribution in [1.29, 1.82) is 0 Å². The van der Waals surface area contributed by atoms with Crippen LogP contribution in [-0.2, 0) is 9.53 Å². The molecule has 1 aromatic carbocycles. The lowest BCUT2D eigenvalue weighted by molar-refractivity contribution is -0.140. The van der Waals surface area contributed by atoms with E-state index in [1.54, 1.807) is 4.90 Å². The van der Waals surface area contributed by atoms with Gasteiger partial charge in [0.1, 0.15) is 17.7 Å². The molecule has 0 radical (unpaired) electrons. The van der Waals surface area contributed by atoms with Gasteiger partial charge in [0.2, 0.25) is 5.91 Å². The standard InChI is InChI=1S/C17H21F2N3O3.ClH/c1-11-15(20-4-9-25-11)17(24)22-7-5-21(6-8-22)16(23)13-3-2-12(18)10-14(13)19;/h2-3,10-11,15,20H,4-9H2,1H3;1H/t11-,15+;/m1./s1. The van der Waals surface area contributed by atoms with E-state index >= 15 is 0 Å². The normalized spacial score (nSPS) is 23.3. The summed E-state index contributed by atoms with van der Waals surface area (Å²) in [4.78, 5) is 28.1. The van der Waals surface area contributed by atoms with Crippen molar-refractivity contribution in [3.63, 3.8) is 0 Å². The third-order valence-corrected chi connectivity index (χ3v) is 4.62. The van der Waals surface area contributed by atoms with Crippen molar-refractivity contribution in [2.75, 3.05) is 39.3 Å². The van der Waals surface area contributed by atoms with Gasteiger partial charge in [0.05, 0.1) is 18.3 Å². The lowest BCUT2D eigenvalue weighted by atomic mass is 10.1. The van der Waals surface area contributed by atoms with E-state index < -0.39 is 17.5 Å². The van der Waals surface area contributed by atoms with Crippen LogP contribution in [0.1, 0.15) is 17.3 Å². The number of carbonyl (C=O) groups excluding carboxylic acids is 2. The van der Waals surface area contributed by atoms with E-state index in [0.717, 1.165) is 12.1 Å². The van der Waals surface area contributed by atoms with Crippen molar-refractivity contribution in [1.82, 2.24) is 15.1 Å². The molecule has 6 nitrogen and oxygen atoms in total. The summed E-state index contributed by atoms with van der Waals surface area (Å²) in [5.74, 6) is -2.13. The maximum absolute atomic E-state index is 13.8. The predicted molar refractivity (Wildman–Crippen MR) is 93.3 cm³/mol. The Morgan fingerprint density at radius 1 is 1.15 bits per heavy atom. The molecule has 0 unspecified atom stereocenters. The zero-order valence-electron chi connectivity index (χ0n) is 14.4. The lowest BCUT2D eigenvalue weighted by Gasteiger charge is -2.38. The molecular weight excluding hydrogens is 368 g/mol. The van der Waals surface area contributed by atoms with Gasteiger partial charge in [0.25, 0.3) is 5.91 Å². The Labute approximate surface area is 156 Å². The van der Waals surface area contributed by atoms with Gasteiger partial charge in [-0.3, -0.25) is 9.59 Å². The maximum Gasteiger partial charge on any atom is 0.256 e. The van der Waals surface area contributed by atoms with Crippen LogP contribution in [0.25, 0.3) is 0 Å². The zero-order valence-corrected chi connectivity index (χ0v) is 15.2. The monoisotopic (exact) mass is 389 g/mol. The van der Waals surface area contributed by atoms with Gasteiger partial charge in [-0.25, -0.2) is 8.78 Å². The predicted octanol–water partition coefficient (Wildman–Crippen LogP) is 1.05. The number of benzene rings is 1. The van der Waals surface area contributed by atoms with E-state index in [9.17, 15) is 18.4 Å². The summed E-state index contributed by atoms with van der Waals surface area (Å²) in [5.41, 5.74) is -0.155. The molecule has 2 saturated heterocycles. The number of nitrogens with one attached hydrogen (secondary N) is 1. The van der Waals surface area contributed by atoms with Crippen LogP contribution in [0, 0.1) is 11.6 Å². The van der Waals surface area contributed by atoms with E-state index in [1.807, 2.05) is 6.92 Å². The smallest absolute Gasteiger partial charge is 0.256 e. The van der Waals surface area contributed by atoms with Crippen LogP contribution in [0.2, 0.25) is 0 Å². The summed E-state index contributed by atoms with van der Waals surface area (Å²) in [5, 5.41) is 3.16. The van der Waals surface area contributed by atoms with Crippen LogP contribution >= 0.6 is 12.4 Å². The van der Waals surface area contributed by atoms with Crippen molar-refractivity contribution in [2.45, 2.75) is 19.1 Å². The van der Waals surface area contributed by atoms with E-state index in [4.69, 9.17) is 4.74 Å². The highest BCUT2D eigenvalue weighted by Crippen LogP contribution is 2.15. The summed E-state index contributed by atoms with van der Waals surface area (Å²) in [6.45, 7) is 4.43. The van der Waals surface area contributed by atoms with Crippen LogP contribution in [0.5, 0.6) is 0 Å². The molecule has 1 N–H and O–H groups in total. The number of halogens is 3. The van der Waals surface area contributed by atoms with Crippen LogP contribution in [-0.4, -0.2) is 73.1 Å². The number of nitrogens with zero attached hydrogens (tertiary/aromatic N) is 2. The second kappa shape index (κ2) is 8.75. The molecule has 0 spiro atoms. The average molecular weight is 390 g/mol. The van der Waals surface area contributed by atoms with Gasteiger partial charge in [0, 0.05) is 38.8 Å². The van der Waals surface area contributed by atoms with Crippen LogP contribution < -0.4 is 5.32 Å². The average Bonchev–Trinajstić information content (AvgIpc) is 2.61. The van der Waals surface area contributed by atoms with Crippen molar-refractivity contribution in [3.05, 3.63) is 35.4 Å². The number of morpholine rings is 1. The highest BCUT2D eigenvalue weighted by atomic mass is 35.5. The molecule has 0 aliphatic carbocycles. The minimum absolute atomic E-state index is 0. The fourth-order valence-electron chi connectivity index (χ4n) is 3.17. The van der Waals surface area contributed by atoms with Gasteiger partial charge in [-0.2, -0.15) is 0 Å². The minimum Gasteiger partial charge on any atom is -0.375 e. The molecule has 26 heavy (non-hydrogen) atoms. The van der Waals surface area contributed by atoms with Gasteiger partial charge < -0.3 is 19.9 Å². The first-order valence-electron chi connectivity index (χ1n) is 8.35. The van der Waals surface area contributed by atoms with Crippen molar-refractivity contribution >= 4 is 24.2 Å². The molecule has 1 aromatic rings. The summed E-state index contributed by atoms with van der Waals surface area (Å²) in [6, 6.07) is 2.52. The molecule has 0 aromatic heterocycles. The molecule has 144 valence electrons. The van der Waals surface area contributed by atoms with E-state index in [2.05, 4.69) is 5.32 Å². The highest BCUT2D eigenvalue weighted by molar-refractivity contribution is 5.94. The molecule has 2 fully saturated rings. The van der Waals surface area contributed by atoms with Gasteiger partial charge in [-0.15, -0.1) is 12.4 Å².